The molecular weight excluding hydrogens is 328 g/mol. The Labute approximate surface area is 139 Å². The Morgan fingerprint density at radius 3 is 2.46 bits per heavy atom. The molecule has 0 fully saturated rings. The lowest BCUT2D eigenvalue weighted by atomic mass is 9.72. The van der Waals surface area contributed by atoms with Crippen molar-refractivity contribution in [3.63, 3.8) is 0 Å². The van der Waals surface area contributed by atoms with Crippen molar-refractivity contribution in [2.75, 3.05) is 13.7 Å². The largest absolute Gasteiger partial charge is 0.468 e. The quantitative estimate of drug-likeness (QED) is 0.783. The Balaban J connectivity index is 2.18. The average molecular weight is 342 g/mol. The molecule has 0 amide bonds. The van der Waals surface area contributed by atoms with Gasteiger partial charge in [-0.15, -0.1) is 0 Å². The molecule has 0 aliphatic carbocycles. The van der Waals surface area contributed by atoms with E-state index in [0.29, 0.717) is 11.1 Å². The predicted octanol–water partition coefficient (Wildman–Crippen LogP) is 2.20. The van der Waals surface area contributed by atoms with E-state index in [1.54, 1.807) is 48.5 Å². The molecule has 2 atom stereocenters. The highest BCUT2D eigenvalue weighted by Crippen LogP contribution is 2.62. The van der Waals surface area contributed by atoms with E-state index in [-0.39, 0.29) is 11.4 Å². The molecule has 0 radical (unpaired) electrons. The standard InChI is InChI=1S/C17H14N2O4S/c1-23-15(20)16-11-18-19-17(16,12-7-3-2-4-8-12)24(21,22)14-10-6-5-9-13(14)16/h2-10H,11H2,1H3. The van der Waals surface area contributed by atoms with E-state index in [4.69, 9.17) is 4.74 Å². The van der Waals surface area contributed by atoms with Crippen molar-refractivity contribution in [2.45, 2.75) is 15.2 Å². The van der Waals surface area contributed by atoms with Crippen LogP contribution in [0.2, 0.25) is 0 Å². The van der Waals surface area contributed by atoms with Gasteiger partial charge in [-0.25, -0.2) is 8.42 Å². The Hall–Kier alpha value is -2.54. The van der Waals surface area contributed by atoms with Gasteiger partial charge in [0.2, 0.25) is 14.7 Å². The van der Waals surface area contributed by atoms with Crippen LogP contribution >= 0.6 is 0 Å². The molecule has 0 N–H and O–H groups in total. The number of fused-ring (bicyclic) bond motifs is 3. The highest BCUT2D eigenvalue weighted by atomic mass is 32.2. The van der Waals surface area contributed by atoms with Crippen LogP contribution in [0.4, 0.5) is 0 Å². The van der Waals surface area contributed by atoms with Crippen LogP contribution in [0, 0.1) is 0 Å². The fourth-order valence-corrected chi connectivity index (χ4v) is 6.24. The molecule has 4 rings (SSSR count). The van der Waals surface area contributed by atoms with Gasteiger partial charge in [0.05, 0.1) is 18.6 Å². The molecule has 0 saturated heterocycles. The molecule has 0 saturated carbocycles. The van der Waals surface area contributed by atoms with Gasteiger partial charge in [-0.3, -0.25) is 4.79 Å². The molecule has 6 nitrogen and oxygen atoms in total. The zero-order valence-corrected chi connectivity index (χ0v) is 13.7. The maximum Gasteiger partial charge on any atom is 0.322 e. The minimum Gasteiger partial charge on any atom is -0.468 e. The fraction of sp³-hybridized carbons (Fsp3) is 0.235. The van der Waals surface area contributed by atoms with Crippen LogP contribution in [-0.2, 0) is 29.7 Å². The van der Waals surface area contributed by atoms with Crippen molar-refractivity contribution in [1.82, 2.24) is 0 Å². The van der Waals surface area contributed by atoms with Gasteiger partial charge in [-0.05, 0) is 17.2 Å². The van der Waals surface area contributed by atoms with Gasteiger partial charge in [0.1, 0.15) is 0 Å². The van der Waals surface area contributed by atoms with Crippen LogP contribution in [0.5, 0.6) is 0 Å². The number of carbonyl (C=O) groups is 1. The Bertz CT molecular complexity index is 971. The molecule has 0 spiro atoms. The number of esters is 1. The number of hydrogen-bond acceptors (Lipinski definition) is 6. The maximum absolute atomic E-state index is 13.5. The zero-order valence-electron chi connectivity index (χ0n) is 12.8. The van der Waals surface area contributed by atoms with E-state index in [2.05, 4.69) is 10.2 Å². The third-order valence-electron chi connectivity index (χ3n) is 4.82. The molecule has 2 unspecified atom stereocenters. The predicted molar refractivity (Wildman–Crippen MR) is 85.2 cm³/mol. The SMILES string of the molecule is COC(=O)C12CN=NC1(c1ccccc1)S(=O)(=O)c1ccccc12. The molecule has 122 valence electrons. The van der Waals surface area contributed by atoms with Gasteiger partial charge in [0.25, 0.3) is 0 Å². The van der Waals surface area contributed by atoms with Crippen molar-refractivity contribution in [3.8, 4) is 0 Å². The fourth-order valence-electron chi connectivity index (χ4n) is 3.81. The van der Waals surface area contributed by atoms with E-state index in [1.165, 1.54) is 13.2 Å². The first-order valence-electron chi connectivity index (χ1n) is 7.39. The number of benzene rings is 2. The van der Waals surface area contributed by atoms with E-state index < -0.39 is 26.1 Å². The number of sulfone groups is 1. The van der Waals surface area contributed by atoms with Gasteiger partial charge in [0, 0.05) is 0 Å². The lowest BCUT2D eigenvalue weighted by Gasteiger charge is -2.33. The summed E-state index contributed by atoms with van der Waals surface area (Å²) in [6.07, 6.45) is 0. The third-order valence-corrected chi connectivity index (χ3v) is 7.20. The summed E-state index contributed by atoms with van der Waals surface area (Å²) >= 11 is 0. The van der Waals surface area contributed by atoms with Gasteiger partial charge in [0.15, 0.2) is 5.41 Å². The molecule has 0 aromatic heterocycles. The third kappa shape index (κ3) is 1.41. The van der Waals surface area contributed by atoms with Gasteiger partial charge < -0.3 is 4.74 Å². The minimum atomic E-state index is -3.97. The highest BCUT2D eigenvalue weighted by molar-refractivity contribution is 7.93. The number of ether oxygens (including phenoxy) is 1. The number of methoxy groups -OCH3 is 1. The molecule has 2 aliphatic rings. The summed E-state index contributed by atoms with van der Waals surface area (Å²) in [6, 6.07) is 15.0. The Morgan fingerprint density at radius 1 is 1.08 bits per heavy atom. The van der Waals surface area contributed by atoms with Crippen LogP contribution in [-0.4, -0.2) is 28.0 Å². The maximum atomic E-state index is 13.5. The molecule has 2 aromatic carbocycles. The summed E-state index contributed by atoms with van der Waals surface area (Å²) in [5.74, 6) is -0.648. The van der Waals surface area contributed by atoms with E-state index >= 15 is 0 Å². The summed E-state index contributed by atoms with van der Waals surface area (Å²) in [6.45, 7) is -0.0647. The second-order valence-electron chi connectivity index (χ2n) is 5.81. The summed E-state index contributed by atoms with van der Waals surface area (Å²) in [5, 5.41) is 8.14. The molecule has 2 heterocycles. The number of rotatable bonds is 2. The highest BCUT2D eigenvalue weighted by Gasteiger charge is 2.75. The Kier molecular flexibility index (Phi) is 2.96. The van der Waals surface area contributed by atoms with Crippen LogP contribution in [0.1, 0.15) is 11.1 Å². The number of nitrogens with zero attached hydrogens (tertiary/aromatic N) is 2. The smallest absolute Gasteiger partial charge is 0.322 e. The first-order chi connectivity index (χ1) is 11.5. The van der Waals surface area contributed by atoms with Gasteiger partial charge >= 0.3 is 5.97 Å². The van der Waals surface area contributed by atoms with Gasteiger partial charge in [-0.1, -0.05) is 48.5 Å². The van der Waals surface area contributed by atoms with E-state index in [0.717, 1.165) is 0 Å². The zero-order chi connectivity index (χ0) is 17.0. The number of azo groups is 1. The summed E-state index contributed by atoms with van der Waals surface area (Å²) in [7, 11) is -2.72. The molecule has 7 heteroatoms. The summed E-state index contributed by atoms with van der Waals surface area (Å²) in [5.41, 5.74) is -0.697. The van der Waals surface area contributed by atoms with E-state index in [9.17, 15) is 13.2 Å². The minimum absolute atomic E-state index is 0.0647. The van der Waals surface area contributed by atoms with Crippen molar-refractivity contribution >= 4 is 15.8 Å². The first-order valence-corrected chi connectivity index (χ1v) is 8.87. The van der Waals surface area contributed by atoms with Crippen molar-refractivity contribution in [3.05, 3.63) is 65.7 Å². The van der Waals surface area contributed by atoms with Crippen LogP contribution in [0.25, 0.3) is 0 Å². The Morgan fingerprint density at radius 2 is 1.75 bits per heavy atom. The normalized spacial score (nSPS) is 29.0. The summed E-state index contributed by atoms with van der Waals surface area (Å²) in [4.78, 5) is 11.1. The molecule has 2 aliphatic heterocycles. The second kappa shape index (κ2) is 4.73. The molecular formula is C17H14N2O4S. The lowest BCUT2D eigenvalue weighted by molar-refractivity contribution is -0.148. The number of hydrogen-bond donors (Lipinski definition) is 0. The van der Waals surface area contributed by atoms with Crippen LogP contribution in [0.15, 0.2) is 69.7 Å². The number of carbonyl (C=O) groups excluding carboxylic acids is 1. The average Bonchev–Trinajstić information content (AvgIpc) is 3.10. The van der Waals surface area contributed by atoms with Crippen LogP contribution in [0.3, 0.4) is 0 Å². The molecule has 0 bridgehead atoms. The van der Waals surface area contributed by atoms with Crippen molar-refractivity contribution in [1.29, 1.82) is 0 Å². The molecule has 2 aromatic rings. The van der Waals surface area contributed by atoms with E-state index in [1.807, 2.05) is 0 Å². The second-order valence-corrected chi connectivity index (χ2v) is 7.84. The van der Waals surface area contributed by atoms with Crippen molar-refractivity contribution < 1.29 is 17.9 Å². The lowest BCUT2D eigenvalue weighted by Crippen LogP contribution is -2.52. The van der Waals surface area contributed by atoms with Crippen LogP contribution < -0.4 is 0 Å². The monoisotopic (exact) mass is 342 g/mol. The van der Waals surface area contributed by atoms with Gasteiger partial charge in [-0.2, -0.15) is 10.2 Å². The summed E-state index contributed by atoms with van der Waals surface area (Å²) < 4.78 is 31.9. The first kappa shape index (κ1) is 15.0. The topological polar surface area (TPSA) is 85.2 Å². The molecule has 24 heavy (non-hydrogen) atoms. The van der Waals surface area contributed by atoms with Crippen molar-refractivity contribution in [2.24, 2.45) is 10.2 Å².